The number of anilines is 1. The summed E-state index contributed by atoms with van der Waals surface area (Å²) in [6, 6.07) is 7.51. The summed E-state index contributed by atoms with van der Waals surface area (Å²) in [5, 5.41) is 5.89. The molecule has 0 amide bonds. The van der Waals surface area contributed by atoms with Crippen LogP contribution in [0.3, 0.4) is 0 Å². The first-order valence-corrected chi connectivity index (χ1v) is 13.4. The lowest BCUT2D eigenvalue weighted by Gasteiger charge is -2.17. The molecule has 12 heteroatoms. The molecule has 7 nitrogen and oxygen atoms in total. The summed E-state index contributed by atoms with van der Waals surface area (Å²) in [5.41, 5.74) is 0.795. The van der Waals surface area contributed by atoms with E-state index in [0.29, 0.717) is 41.9 Å². The molecule has 0 saturated heterocycles. The van der Waals surface area contributed by atoms with E-state index < -0.39 is 16.8 Å². The molecule has 188 valence electrons. The third kappa shape index (κ3) is 7.62. The van der Waals surface area contributed by atoms with Gasteiger partial charge < -0.3 is 14.8 Å². The number of carbonyl (C=O) groups is 1. The monoisotopic (exact) mass is 559 g/mol. The number of nitrogens with one attached hydrogen (secondary N) is 1. The van der Waals surface area contributed by atoms with Crippen LogP contribution >= 0.6 is 34.5 Å². The van der Waals surface area contributed by atoms with E-state index in [1.165, 1.54) is 21.7 Å². The number of rotatable bonds is 12. The van der Waals surface area contributed by atoms with Crippen LogP contribution in [-0.4, -0.2) is 41.9 Å². The van der Waals surface area contributed by atoms with Crippen LogP contribution in [0, 0.1) is 5.82 Å². The summed E-state index contributed by atoms with van der Waals surface area (Å²) in [7, 11) is -0.280. The second kappa shape index (κ2) is 13.2. The lowest BCUT2D eigenvalue weighted by Crippen LogP contribution is -2.25. The Labute approximate surface area is 219 Å². The number of esters is 1. The lowest BCUT2D eigenvalue weighted by molar-refractivity contribution is -0.141. The Morgan fingerprint density at radius 2 is 2.06 bits per heavy atom. The normalized spacial score (nSPS) is 11.8. The predicted octanol–water partition coefficient (Wildman–Crippen LogP) is 5.63. The molecule has 2 aromatic carbocycles. The average Bonchev–Trinajstić information content (AvgIpc) is 3.36. The van der Waals surface area contributed by atoms with Gasteiger partial charge in [-0.25, -0.2) is 13.6 Å². The van der Waals surface area contributed by atoms with Gasteiger partial charge >= 0.3 is 5.97 Å². The van der Waals surface area contributed by atoms with Crippen LogP contribution in [0.15, 0.2) is 46.8 Å². The highest BCUT2D eigenvalue weighted by Crippen LogP contribution is 2.36. The van der Waals surface area contributed by atoms with E-state index >= 15 is 0 Å². The van der Waals surface area contributed by atoms with E-state index in [1.54, 1.807) is 43.7 Å². The smallest absolute Gasteiger partial charge is 0.319 e. The number of ether oxygens (including phenoxy) is 2. The van der Waals surface area contributed by atoms with E-state index in [4.69, 9.17) is 32.7 Å². The zero-order chi connectivity index (χ0) is 25.4. The number of aromatic nitrogens is 1. The van der Waals surface area contributed by atoms with Crippen LogP contribution in [0.5, 0.6) is 11.5 Å². The van der Waals surface area contributed by atoms with Crippen molar-refractivity contribution in [2.24, 2.45) is 0 Å². The largest absolute Gasteiger partial charge is 0.465 e. The predicted molar refractivity (Wildman–Crippen MR) is 138 cm³/mol. The van der Waals surface area contributed by atoms with Gasteiger partial charge in [-0.1, -0.05) is 23.2 Å². The second-order valence-electron chi connectivity index (χ2n) is 7.21. The molecule has 0 aliphatic heterocycles. The van der Waals surface area contributed by atoms with Crippen LogP contribution in [0.25, 0.3) is 0 Å². The number of aryl methyl sites for hydroxylation is 1. The van der Waals surface area contributed by atoms with Crippen LogP contribution in [0.4, 0.5) is 9.52 Å². The Kier molecular flexibility index (Phi) is 10.3. The van der Waals surface area contributed by atoms with Crippen molar-refractivity contribution >= 4 is 56.6 Å². The quantitative estimate of drug-likeness (QED) is 0.229. The number of carbonyl (C=O) groups excluding carboxylic acids is 1. The van der Waals surface area contributed by atoms with Crippen LogP contribution in [-0.2, 0) is 26.9 Å². The number of hydrogen-bond donors (Lipinski definition) is 1. The van der Waals surface area contributed by atoms with Gasteiger partial charge in [0.15, 0.2) is 16.1 Å². The first-order chi connectivity index (χ1) is 16.8. The topological polar surface area (TPSA) is 80.8 Å². The zero-order valence-electron chi connectivity index (χ0n) is 19.1. The Balaban J connectivity index is 1.70. The van der Waals surface area contributed by atoms with Gasteiger partial charge in [0.2, 0.25) is 0 Å². The van der Waals surface area contributed by atoms with Crippen LogP contribution in [0.2, 0.25) is 10.0 Å². The van der Waals surface area contributed by atoms with E-state index in [2.05, 4.69) is 10.3 Å². The number of thiazole rings is 1. The minimum absolute atomic E-state index is 0.0796. The molecular formula is C23H24Cl2FN3O4S2. The first-order valence-electron chi connectivity index (χ1n) is 10.7. The minimum Gasteiger partial charge on any atom is -0.465 e. The van der Waals surface area contributed by atoms with Gasteiger partial charge in [-0.15, -0.1) is 11.3 Å². The summed E-state index contributed by atoms with van der Waals surface area (Å²) < 4.78 is 39.9. The highest BCUT2D eigenvalue weighted by molar-refractivity contribution is 7.86. The maximum absolute atomic E-state index is 14.9. The summed E-state index contributed by atoms with van der Waals surface area (Å²) in [5.74, 6) is -0.469. The second-order valence-corrected chi connectivity index (χ2v) is 10.4. The average molecular weight is 561 g/mol. The van der Waals surface area contributed by atoms with Gasteiger partial charge in [0.1, 0.15) is 17.3 Å². The SMILES string of the molecule is CCOC(=O)CNCCCc1cc(Cl)ccc1Oc1cc(F)c(S(=O)N(C)c2nccs2)cc1Cl. The number of benzene rings is 2. The number of hydrogen-bond acceptors (Lipinski definition) is 7. The molecule has 0 saturated carbocycles. The van der Waals surface area contributed by atoms with Crippen LogP contribution in [0.1, 0.15) is 18.9 Å². The van der Waals surface area contributed by atoms with Gasteiger partial charge in [-0.3, -0.25) is 9.10 Å². The fourth-order valence-corrected chi connectivity index (χ4v) is 5.32. The summed E-state index contributed by atoms with van der Waals surface area (Å²) in [6.07, 6.45) is 2.86. The first kappa shape index (κ1) is 27.3. The Bertz CT molecular complexity index is 1180. The van der Waals surface area contributed by atoms with Crippen molar-refractivity contribution in [2.45, 2.75) is 24.7 Å². The van der Waals surface area contributed by atoms with Crippen LogP contribution < -0.4 is 14.4 Å². The molecule has 1 N–H and O–H groups in total. The van der Waals surface area contributed by atoms with Crippen molar-refractivity contribution in [3.05, 3.63) is 63.3 Å². The molecule has 1 heterocycles. The van der Waals surface area contributed by atoms with Crippen molar-refractivity contribution in [2.75, 3.05) is 31.0 Å². The van der Waals surface area contributed by atoms with Crippen molar-refractivity contribution < 1.29 is 22.9 Å². The van der Waals surface area contributed by atoms with Crippen molar-refractivity contribution in [3.63, 3.8) is 0 Å². The highest BCUT2D eigenvalue weighted by atomic mass is 35.5. The standard InChI is InChI=1S/C23H24Cl2FN3O4S2/c1-3-32-22(30)14-27-8-4-5-15-11-16(24)6-7-19(15)33-20-13-18(26)21(12-17(20)25)35(31)29(2)23-28-9-10-34-23/h6-7,9-13,27H,3-5,8,14H2,1-2H3. The van der Waals surface area contributed by atoms with Gasteiger partial charge in [-0.05, 0) is 56.1 Å². The fourth-order valence-electron chi connectivity index (χ4n) is 3.08. The molecule has 35 heavy (non-hydrogen) atoms. The maximum Gasteiger partial charge on any atom is 0.319 e. The van der Waals surface area contributed by atoms with Gasteiger partial charge in [0, 0.05) is 29.7 Å². The Morgan fingerprint density at radius 1 is 1.26 bits per heavy atom. The summed E-state index contributed by atoms with van der Waals surface area (Å²) in [6.45, 7) is 2.80. The molecule has 0 aliphatic rings. The molecule has 0 aliphatic carbocycles. The molecule has 1 aromatic heterocycles. The Hall–Kier alpha value is -2.24. The highest BCUT2D eigenvalue weighted by Gasteiger charge is 2.21. The third-order valence-corrected chi connectivity index (χ3v) is 7.58. The molecule has 0 bridgehead atoms. The van der Waals surface area contributed by atoms with Crippen molar-refractivity contribution in [1.29, 1.82) is 0 Å². The molecule has 3 rings (SSSR count). The molecule has 0 radical (unpaired) electrons. The van der Waals surface area contributed by atoms with E-state index in [9.17, 15) is 13.4 Å². The van der Waals surface area contributed by atoms with E-state index in [-0.39, 0.29) is 28.2 Å². The molecule has 1 unspecified atom stereocenters. The van der Waals surface area contributed by atoms with Crippen molar-refractivity contribution in [3.8, 4) is 11.5 Å². The van der Waals surface area contributed by atoms with Gasteiger partial charge in [-0.2, -0.15) is 0 Å². The summed E-state index contributed by atoms with van der Waals surface area (Å²) in [4.78, 5) is 15.4. The maximum atomic E-state index is 14.9. The molecular weight excluding hydrogens is 536 g/mol. The fraction of sp³-hybridized carbons (Fsp3) is 0.304. The third-order valence-electron chi connectivity index (χ3n) is 4.73. The lowest BCUT2D eigenvalue weighted by atomic mass is 10.1. The number of halogens is 3. The number of nitrogens with zero attached hydrogens (tertiary/aromatic N) is 2. The molecule has 0 fully saturated rings. The molecule has 3 aromatic rings. The molecule has 0 spiro atoms. The summed E-state index contributed by atoms with van der Waals surface area (Å²) >= 11 is 13.8. The minimum atomic E-state index is -1.84. The van der Waals surface area contributed by atoms with Gasteiger partial charge in [0.25, 0.3) is 0 Å². The van der Waals surface area contributed by atoms with Crippen molar-refractivity contribution in [1.82, 2.24) is 10.3 Å². The van der Waals surface area contributed by atoms with Gasteiger partial charge in [0.05, 0.1) is 23.1 Å². The molecule has 1 atom stereocenters. The van der Waals surface area contributed by atoms with E-state index in [0.717, 1.165) is 11.6 Å². The zero-order valence-corrected chi connectivity index (χ0v) is 22.2. The van der Waals surface area contributed by atoms with E-state index in [1.807, 2.05) is 0 Å². The Morgan fingerprint density at radius 3 is 2.77 bits per heavy atom.